The molecule has 0 bridgehead atoms. The van der Waals surface area contributed by atoms with Crippen LogP contribution in [0.2, 0.25) is 0 Å². The molecule has 1 N–H and O–H groups in total. The Bertz CT molecular complexity index is 1180. The van der Waals surface area contributed by atoms with Crippen molar-refractivity contribution in [3.8, 4) is 17.5 Å². The van der Waals surface area contributed by atoms with E-state index in [9.17, 15) is 10.1 Å². The minimum atomic E-state index is -0.123. The molecule has 0 aromatic carbocycles. The van der Waals surface area contributed by atoms with E-state index in [0.717, 1.165) is 49.1 Å². The standard InChI is InChI=1S/C23H27N5OS3/c1-5-14-7-8-16-17(10-24)22(32-19(16)9-14)25-20(29)12-31-23-27-26-21(28(23)4)18-11-30-13(3)15(18)6-2/h11,14H,5-9,12H2,1-4H3,(H,25,29). The van der Waals surface area contributed by atoms with E-state index in [1.54, 1.807) is 22.7 Å². The predicted octanol–water partition coefficient (Wildman–Crippen LogP) is 5.59. The summed E-state index contributed by atoms with van der Waals surface area (Å²) in [6.45, 7) is 6.49. The molecule has 0 radical (unpaired) electrons. The van der Waals surface area contributed by atoms with Gasteiger partial charge in [-0.25, -0.2) is 0 Å². The molecule has 1 amide bonds. The molecule has 3 aromatic heterocycles. The molecule has 0 spiro atoms. The number of aryl methyl sites for hydroxylation is 1. The number of thioether (sulfide) groups is 1. The van der Waals surface area contributed by atoms with Crippen molar-refractivity contribution in [2.45, 2.75) is 58.0 Å². The Kier molecular flexibility index (Phi) is 7.03. The van der Waals surface area contributed by atoms with Gasteiger partial charge in [0.1, 0.15) is 11.1 Å². The molecule has 1 aliphatic rings. The number of anilines is 1. The highest BCUT2D eigenvalue weighted by Crippen LogP contribution is 2.40. The van der Waals surface area contributed by atoms with Crippen LogP contribution in [0.5, 0.6) is 0 Å². The summed E-state index contributed by atoms with van der Waals surface area (Å²) in [5, 5.41) is 24.9. The normalized spacial score (nSPS) is 15.4. The Morgan fingerprint density at radius 1 is 1.41 bits per heavy atom. The average Bonchev–Trinajstić information content (AvgIpc) is 3.45. The Labute approximate surface area is 201 Å². The molecule has 1 aliphatic carbocycles. The zero-order chi connectivity index (χ0) is 22.8. The van der Waals surface area contributed by atoms with Gasteiger partial charge in [-0.15, -0.1) is 32.9 Å². The van der Waals surface area contributed by atoms with E-state index in [-0.39, 0.29) is 11.7 Å². The lowest BCUT2D eigenvalue weighted by molar-refractivity contribution is -0.113. The average molecular weight is 486 g/mol. The number of nitrogens with one attached hydrogen (secondary N) is 1. The molecule has 3 aromatic rings. The first kappa shape index (κ1) is 23.0. The van der Waals surface area contributed by atoms with Crippen LogP contribution in [-0.2, 0) is 31.1 Å². The van der Waals surface area contributed by atoms with E-state index in [1.807, 2.05) is 11.6 Å². The van der Waals surface area contributed by atoms with Crippen LogP contribution < -0.4 is 5.32 Å². The highest BCUT2D eigenvalue weighted by Gasteiger charge is 2.26. The molecule has 32 heavy (non-hydrogen) atoms. The number of amides is 1. The second-order valence-electron chi connectivity index (χ2n) is 8.08. The van der Waals surface area contributed by atoms with Crippen LogP contribution in [-0.4, -0.2) is 26.4 Å². The molecule has 3 heterocycles. The third kappa shape index (κ3) is 4.36. The number of aromatic nitrogens is 3. The SMILES string of the molecule is CCc1c(-c2nnc(SCC(=O)Nc3sc4c(c3C#N)CCC(CC)C4)n2C)csc1C. The fourth-order valence-electron chi connectivity index (χ4n) is 4.28. The summed E-state index contributed by atoms with van der Waals surface area (Å²) in [5.74, 6) is 1.61. The van der Waals surface area contributed by atoms with Crippen LogP contribution >= 0.6 is 34.4 Å². The third-order valence-corrected chi connectivity index (χ3v) is 9.32. The number of carbonyl (C=O) groups excluding carboxylic acids is 1. The van der Waals surface area contributed by atoms with Gasteiger partial charge in [-0.1, -0.05) is 32.0 Å². The van der Waals surface area contributed by atoms with E-state index in [1.165, 1.54) is 27.1 Å². The van der Waals surface area contributed by atoms with Gasteiger partial charge >= 0.3 is 0 Å². The monoisotopic (exact) mass is 485 g/mol. The van der Waals surface area contributed by atoms with Crippen molar-refractivity contribution in [1.29, 1.82) is 5.26 Å². The lowest BCUT2D eigenvalue weighted by Gasteiger charge is -2.20. The van der Waals surface area contributed by atoms with Gasteiger partial charge in [-0.05, 0) is 49.7 Å². The van der Waals surface area contributed by atoms with E-state index >= 15 is 0 Å². The van der Waals surface area contributed by atoms with Crippen molar-refractivity contribution < 1.29 is 4.79 Å². The number of hydrogen-bond donors (Lipinski definition) is 1. The van der Waals surface area contributed by atoms with Crippen molar-refractivity contribution in [2.75, 3.05) is 11.1 Å². The maximum Gasteiger partial charge on any atom is 0.235 e. The van der Waals surface area contributed by atoms with Crippen LogP contribution in [0.3, 0.4) is 0 Å². The molecule has 1 unspecified atom stereocenters. The number of carbonyl (C=O) groups is 1. The first-order valence-electron chi connectivity index (χ1n) is 10.9. The quantitative estimate of drug-likeness (QED) is 0.441. The van der Waals surface area contributed by atoms with Gasteiger partial charge in [-0.3, -0.25) is 4.79 Å². The van der Waals surface area contributed by atoms with Gasteiger partial charge in [-0.2, -0.15) is 5.26 Å². The largest absolute Gasteiger partial charge is 0.316 e. The molecule has 168 valence electrons. The summed E-state index contributed by atoms with van der Waals surface area (Å²) < 4.78 is 1.95. The van der Waals surface area contributed by atoms with Crippen molar-refractivity contribution in [2.24, 2.45) is 13.0 Å². The third-order valence-electron chi connectivity index (χ3n) is 6.17. The molecule has 1 atom stereocenters. The van der Waals surface area contributed by atoms with Crippen molar-refractivity contribution in [3.63, 3.8) is 0 Å². The summed E-state index contributed by atoms with van der Waals surface area (Å²) in [4.78, 5) is 15.3. The van der Waals surface area contributed by atoms with Crippen LogP contribution in [0, 0.1) is 24.2 Å². The molecule has 6 nitrogen and oxygen atoms in total. The van der Waals surface area contributed by atoms with E-state index in [2.05, 4.69) is 47.7 Å². The fraction of sp³-hybridized carbons (Fsp3) is 0.478. The maximum absolute atomic E-state index is 12.7. The van der Waals surface area contributed by atoms with E-state index in [4.69, 9.17) is 0 Å². The van der Waals surface area contributed by atoms with Gasteiger partial charge in [0.15, 0.2) is 11.0 Å². The maximum atomic E-state index is 12.7. The van der Waals surface area contributed by atoms with Crippen molar-refractivity contribution in [1.82, 2.24) is 14.8 Å². The molecular formula is C23H27N5OS3. The number of fused-ring (bicyclic) bond motifs is 1. The smallest absolute Gasteiger partial charge is 0.235 e. The van der Waals surface area contributed by atoms with Gasteiger partial charge in [0.25, 0.3) is 0 Å². The molecule has 0 fully saturated rings. The second-order valence-corrected chi connectivity index (χ2v) is 11.2. The molecule has 0 saturated heterocycles. The number of nitriles is 1. The number of thiophene rings is 2. The summed E-state index contributed by atoms with van der Waals surface area (Å²) >= 11 is 4.66. The number of rotatable bonds is 7. The first-order valence-corrected chi connectivity index (χ1v) is 13.6. The molecule has 4 rings (SSSR count). The minimum Gasteiger partial charge on any atom is -0.316 e. The van der Waals surface area contributed by atoms with Crippen LogP contribution in [0.1, 0.15) is 53.1 Å². The molecular weight excluding hydrogens is 458 g/mol. The van der Waals surface area contributed by atoms with E-state index in [0.29, 0.717) is 21.6 Å². The van der Waals surface area contributed by atoms with Gasteiger partial charge in [0.2, 0.25) is 5.91 Å². The summed E-state index contributed by atoms with van der Waals surface area (Å²) in [6, 6.07) is 2.32. The summed E-state index contributed by atoms with van der Waals surface area (Å²) in [5.41, 5.74) is 4.21. The van der Waals surface area contributed by atoms with Crippen LogP contribution in [0.4, 0.5) is 5.00 Å². The first-order chi connectivity index (χ1) is 15.5. The number of hydrogen-bond acceptors (Lipinski definition) is 7. The summed E-state index contributed by atoms with van der Waals surface area (Å²) in [6.07, 6.45) is 5.17. The second kappa shape index (κ2) is 9.77. The topological polar surface area (TPSA) is 83.6 Å². The Hall–Kier alpha value is -2.15. The number of nitrogens with zero attached hydrogens (tertiary/aromatic N) is 4. The van der Waals surface area contributed by atoms with Gasteiger partial charge < -0.3 is 9.88 Å². The van der Waals surface area contributed by atoms with Gasteiger partial charge in [0, 0.05) is 27.7 Å². The van der Waals surface area contributed by atoms with Crippen LogP contribution in [0.15, 0.2) is 10.5 Å². The Morgan fingerprint density at radius 2 is 2.22 bits per heavy atom. The zero-order valence-electron chi connectivity index (χ0n) is 18.8. The highest BCUT2D eigenvalue weighted by atomic mass is 32.2. The molecule has 0 saturated carbocycles. The predicted molar refractivity (Wildman–Crippen MR) is 133 cm³/mol. The van der Waals surface area contributed by atoms with Crippen molar-refractivity contribution >= 4 is 45.3 Å². The zero-order valence-corrected chi connectivity index (χ0v) is 21.3. The Balaban J connectivity index is 1.44. The van der Waals surface area contributed by atoms with E-state index < -0.39 is 0 Å². The Morgan fingerprint density at radius 3 is 2.94 bits per heavy atom. The summed E-state index contributed by atoms with van der Waals surface area (Å²) in [7, 11) is 1.94. The van der Waals surface area contributed by atoms with Crippen molar-refractivity contribution in [3.05, 3.63) is 31.8 Å². The fourth-order valence-corrected chi connectivity index (χ4v) is 7.26. The minimum absolute atomic E-state index is 0.123. The van der Waals surface area contributed by atoms with Gasteiger partial charge in [0.05, 0.1) is 11.3 Å². The molecule has 9 heteroatoms. The highest BCUT2D eigenvalue weighted by molar-refractivity contribution is 7.99. The lowest BCUT2D eigenvalue weighted by atomic mass is 9.86. The lowest BCUT2D eigenvalue weighted by Crippen LogP contribution is -2.14. The van der Waals surface area contributed by atoms with Crippen LogP contribution in [0.25, 0.3) is 11.4 Å². The molecule has 0 aliphatic heterocycles.